The summed E-state index contributed by atoms with van der Waals surface area (Å²) in [5.74, 6) is -0.404. The molecule has 1 aromatic carbocycles. The number of thioether (sulfide) groups is 1. The SMILES string of the molecule is CS(=O)(=O)c1cccc(NCc2cnc3ccc(C=C4SC(=O)NC4=O)cn23)c1. The van der Waals surface area contributed by atoms with Crippen LogP contribution in [0.25, 0.3) is 11.7 Å². The summed E-state index contributed by atoms with van der Waals surface area (Å²) in [6.45, 7) is 0.419. The average Bonchev–Trinajstić information content (AvgIpc) is 3.21. The van der Waals surface area contributed by atoms with Gasteiger partial charge in [-0.25, -0.2) is 13.4 Å². The maximum Gasteiger partial charge on any atom is 0.290 e. The Labute approximate surface area is 170 Å². The number of imidazole rings is 1. The second-order valence-electron chi connectivity index (χ2n) is 6.45. The van der Waals surface area contributed by atoms with E-state index in [4.69, 9.17) is 0 Å². The maximum atomic E-state index is 11.7. The molecule has 3 aromatic rings. The van der Waals surface area contributed by atoms with E-state index in [9.17, 15) is 18.0 Å². The zero-order chi connectivity index (χ0) is 20.6. The van der Waals surface area contributed by atoms with Crippen molar-refractivity contribution in [3.05, 3.63) is 65.0 Å². The highest BCUT2D eigenvalue weighted by atomic mass is 32.2. The number of sulfone groups is 1. The van der Waals surface area contributed by atoms with Crippen molar-refractivity contribution in [1.29, 1.82) is 0 Å². The highest BCUT2D eigenvalue weighted by Gasteiger charge is 2.25. The van der Waals surface area contributed by atoms with Gasteiger partial charge in [-0.05, 0) is 53.7 Å². The third-order valence-corrected chi connectivity index (χ3v) is 6.20. The lowest BCUT2D eigenvalue weighted by Gasteiger charge is -2.08. The number of carbonyl (C=O) groups is 2. The highest BCUT2D eigenvalue weighted by molar-refractivity contribution is 8.18. The molecule has 0 bridgehead atoms. The second kappa shape index (κ2) is 7.37. The Bertz CT molecular complexity index is 1280. The molecule has 0 saturated carbocycles. The first-order valence-electron chi connectivity index (χ1n) is 8.54. The van der Waals surface area contributed by atoms with Gasteiger partial charge in [0.05, 0.1) is 28.2 Å². The number of hydrogen-bond donors (Lipinski definition) is 2. The number of amides is 2. The van der Waals surface area contributed by atoms with Crippen molar-refractivity contribution in [3.8, 4) is 0 Å². The van der Waals surface area contributed by atoms with Crippen LogP contribution < -0.4 is 10.6 Å². The molecule has 0 spiro atoms. The van der Waals surface area contributed by atoms with Gasteiger partial charge in [-0.3, -0.25) is 14.9 Å². The van der Waals surface area contributed by atoms with E-state index in [2.05, 4.69) is 15.6 Å². The van der Waals surface area contributed by atoms with E-state index in [1.54, 1.807) is 36.5 Å². The van der Waals surface area contributed by atoms with Crippen LogP contribution in [0.2, 0.25) is 0 Å². The quantitative estimate of drug-likeness (QED) is 0.601. The lowest BCUT2D eigenvalue weighted by atomic mass is 10.2. The van der Waals surface area contributed by atoms with Crippen LogP contribution in [-0.4, -0.2) is 35.2 Å². The Morgan fingerprint density at radius 3 is 2.79 bits per heavy atom. The molecule has 10 heteroatoms. The molecule has 4 rings (SSSR count). The summed E-state index contributed by atoms with van der Waals surface area (Å²) in [5.41, 5.74) is 3.01. The fraction of sp³-hybridized carbons (Fsp3) is 0.105. The maximum absolute atomic E-state index is 11.7. The zero-order valence-corrected chi connectivity index (χ0v) is 16.9. The van der Waals surface area contributed by atoms with Gasteiger partial charge in [0.2, 0.25) is 0 Å². The smallest absolute Gasteiger partial charge is 0.290 e. The van der Waals surface area contributed by atoms with E-state index in [0.717, 1.165) is 28.7 Å². The molecule has 3 heterocycles. The van der Waals surface area contributed by atoms with Crippen LogP contribution in [0.15, 0.2) is 58.6 Å². The van der Waals surface area contributed by atoms with Crippen molar-refractivity contribution < 1.29 is 18.0 Å². The van der Waals surface area contributed by atoms with Crippen molar-refractivity contribution in [2.24, 2.45) is 0 Å². The van der Waals surface area contributed by atoms with E-state index >= 15 is 0 Å². The van der Waals surface area contributed by atoms with Crippen LogP contribution in [0.1, 0.15) is 11.3 Å². The summed E-state index contributed by atoms with van der Waals surface area (Å²) in [6.07, 6.45) is 6.37. The summed E-state index contributed by atoms with van der Waals surface area (Å²) >= 11 is 0.866. The summed E-state index contributed by atoms with van der Waals surface area (Å²) in [7, 11) is -3.28. The van der Waals surface area contributed by atoms with Gasteiger partial charge in [0.1, 0.15) is 5.65 Å². The lowest BCUT2D eigenvalue weighted by Crippen LogP contribution is -2.17. The second-order valence-corrected chi connectivity index (χ2v) is 9.48. The number of fused-ring (bicyclic) bond motifs is 1. The zero-order valence-electron chi connectivity index (χ0n) is 15.2. The largest absolute Gasteiger partial charge is 0.379 e. The molecule has 1 aliphatic rings. The molecule has 1 aliphatic heterocycles. The molecular weight excluding hydrogens is 412 g/mol. The normalized spacial score (nSPS) is 15.8. The van der Waals surface area contributed by atoms with E-state index in [-0.39, 0.29) is 10.1 Å². The Kier molecular flexibility index (Phi) is 4.89. The number of anilines is 1. The Morgan fingerprint density at radius 1 is 1.24 bits per heavy atom. The number of nitrogens with one attached hydrogen (secondary N) is 2. The predicted molar refractivity (Wildman–Crippen MR) is 111 cm³/mol. The summed E-state index contributed by atoms with van der Waals surface area (Å²) in [4.78, 5) is 28.0. The van der Waals surface area contributed by atoms with E-state index < -0.39 is 15.7 Å². The number of imide groups is 1. The van der Waals surface area contributed by atoms with Gasteiger partial charge in [0.25, 0.3) is 11.1 Å². The number of rotatable bonds is 5. The number of carbonyl (C=O) groups excluding carboxylic acids is 2. The third kappa shape index (κ3) is 4.17. The summed E-state index contributed by atoms with van der Waals surface area (Å²) in [5, 5.41) is 5.05. The molecule has 2 N–H and O–H groups in total. The van der Waals surface area contributed by atoms with E-state index in [0.29, 0.717) is 17.1 Å². The van der Waals surface area contributed by atoms with Crippen LogP contribution in [-0.2, 0) is 21.2 Å². The molecule has 1 fully saturated rings. The average molecular weight is 428 g/mol. The Hall–Kier alpha value is -3.11. The Morgan fingerprint density at radius 2 is 2.07 bits per heavy atom. The number of aromatic nitrogens is 2. The molecular formula is C19H16N4O4S2. The molecule has 2 aromatic heterocycles. The van der Waals surface area contributed by atoms with Crippen molar-refractivity contribution >= 4 is 50.2 Å². The van der Waals surface area contributed by atoms with Crippen LogP contribution in [0.5, 0.6) is 0 Å². The molecule has 29 heavy (non-hydrogen) atoms. The molecule has 0 radical (unpaired) electrons. The summed E-state index contributed by atoms with van der Waals surface area (Å²) < 4.78 is 25.3. The molecule has 0 aliphatic carbocycles. The number of benzene rings is 1. The number of pyridine rings is 1. The van der Waals surface area contributed by atoms with Gasteiger partial charge in [-0.1, -0.05) is 6.07 Å². The monoisotopic (exact) mass is 428 g/mol. The van der Waals surface area contributed by atoms with E-state index in [1.165, 1.54) is 6.26 Å². The van der Waals surface area contributed by atoms with Gasteiger partial charge < -0.3 is 9.72 Å². The standard InChI is InChI=1S/C19H16N4O4S2/c1-29(26,27)15-4-2-3-13(8-15)20-9-14-10-21-17-6-5-12(11-23(14)17)7-16-18(24)22-19(25)28-16/h2-8,10-11,20H,9H2,1H3,(H,22,24,25). The van der Waals surface area contributed by atoms with Gasteiger partial charge >= 0.3 is 0 Å². The van der Waals surface area contributed by atoms with Gasteiger partial charge in [0, 0.05) is 18.1 Å². The minimum absolute atomic E-state index is 0.247. The predicted octanol–water partition coefficient (Wildman–Crippen LogP) is 2.67. The first-order chi connectivity index (χ1) is 13.8. The lowest BCUT2D eigenvalue weighted by molar-refractivity contribution is -0.115. The molecule has 2 amide bonds. The van der Waals surface area contributed by atoms with Crippen molar-refractivity contribution in [2.45, 2.75) is 11.4 Å². The van der Waals surface area contributed by atoms with Crippen molar-refractivity contribution in [2.75, 3.05) is 11.6 Å². The van der Waals surface area contributed by atoms with Crippen LogP contribution in [0.4, 0.5) is 10.5 Å². The van der Waals surface area contributed by atoms with Crippen LogP contribution in [0.3, 0.4) is 0 Å². The van der Waals surface area contributed by atoms with Gasteiger partial charge in [-0.2, -0.15) is 0 Å². The third-order valence-electron chi connectivity index (χ3n) is 4.28. The van der Waals surface area contributed by atoms with Crippen LogP contribution >= 0.6 is 11.8 Å². The van der Waals surface area contributed by atoms with Gasteiger partial charge in [-0.15, -0.1) is 0 Å². The minimum atomic E-state index is -3.28. The molecule has 1 saturated heterocycles. The fourth-order valence-electron chi connectivity index (χ4n) is 2.87. The molecule has 148 valence electrons. The Balaban J connectivity index is 1.58. The number of nitrogens with zero attached hydrogens (tertiary/aromatic N) is 2. The van der Waals surface area contributed by atoms with Crippen LogP contribution in [0, 0.1) is 0 Å². The first-order valence-corrected chi connectivity index (χ1v) is 11.3. The van der Waals surface area contributed by atoms with Crippen molar-refractivity contribution in [1.82, 2.24) is 14.7 Å². The molecule has 0 unspecified atom stereocenters. The number of hydrogen-bond acceptors (Lipinski definition) is 7. The molecule has 8 nitrogen and oxygen atoms in total. The van der Waals surface area contributed by atoms with Gasteiger partial charge in [0.15, 0.2) is 9.84 Å². The van der Waals surface area contributed by atoms with Crippen molar-refractivity contribution in [3.63, 3.8) is 0 Å². The van der Waals surface area contributed by atoms with E-state index in [1.807, 2.05) is 22.7 Å². The first kappa shape index (κ1) is 19.2. The minimum Gasteiger partial charge on any atom is -0.379 e. The topological polar surface area (TPSA) is 110 Å². The fourth-order valence-corrected chi connectivity index (χ4v) is 4.21. The molecule has 0 atom stereocenters. The summed E-state index contributed by atoms with van der Waals surface area (Å²) in [6, 6.07) is 10.2. The highest BCUT2D eigenvalue weighted by Crippen LogP contribution is 2.26.